The average Bonchev–Trinajstić information content (AvgIpc) is 2.36. The Balaban J connectivity index is 2.44. The lowest BCUT2D eigenvalue weighted by atomic mass is 9.94. The third-order valence-corrected chi connectivity index (χ3v) is 3.97. The Bertz CT molecular complexity index is 454. The van der Waals surface area contributed by atoms with Crippen LogP contribution < -0.4 is 5.32 Å². The van der Waals surface area contributed by atoms with Crippen LogP contribution in [-0.2, 0) is 4.79 Å². The summed E-state index contributed by atoms with van der Waals surface area (Å²) < 4.78 is 1.03. The maximum Gasteiger partial charge on any atom is 0.220 e. The van der Waals surface area contributed by atoms with Crippen LogP contribution in [0, 0.1) is 5.92 Å². The molecule has 0 heterocycles. The molecule has 118 valence electrons. The molecule has 4 heteroatoms. The van der Waals surface area contributed by atoms with Gasteiger partial charge in [0.2, 0.25) is 5.91 Å². The lowest BCUT2D eigenvalue weighted by Gasteiger charge is -2.26. The van der Waals surface area contributed by atoms with E-state index >= 15 is 0 Å². The number of hydrogen-bond donors (Lipinski definition) is 2. The van der Waals surface area contributed by atoms with Crippen molar-refractivity contribution in [3.8, 4) is 0 Å². The highest BCUT2D eigenvalue weighted by molar-refractivity contribution is 9.10. The first-order valence-electron chi connectivity index (χ1n) is 7.44. The molecule has 0 bridgehead atoms. The highest BCUT2D eigenvalue weighted by atomic mass is 79.9. The first kappa shape index (κ1) is 18.2. The van der Waals surface area contributed by atoms with Crippen LogP contribution in [0.5, 0.6) is 0 Å². The van der Waals surface area contributed by atoms with E-state index in [0.717, 1.165) is 10.0 Å². The summed E-state index contributed by atoms with van der Waals surface area (Å²) in [4.78, 5) is 12.0. The van der Waals surface area contributed by atoms with Crippen LogP contribution in [0.3, 0.4) is 0 Å². The van der Waals surface area contributed by atoms with Crippen molar-refractivity contribution in [2.45, 2.75) is 52.1 Å². The van der Waals surface area contributed by atoms with Gasteiger partial charge in [-0.05, 0) is 42.9 Å². The van der Waals surface area contributed by atoms with Gasteiger partial charge in [-0.15, -0.1) is 0 Å². The van der Waals surface area contributed by atoms with Crippen LogP contribution in [0.4, 0.5) is 0 Å². The number of halogens is 1. The molecule has 0 saturated carbocycles. The van der Waals surface area contributed by atoms with Crippen molar-refractivity contribution in [1.82, 2.24) is 5.32 Å². The van der Waals surface area contributed by atoms with E-state index in [1.165, 1.54) is 0 Å². The van der Waals surface area contributed by atoms with Crippen molar-refractivity contribution < 1.29 is 9.90 Å². The maximum absolute atomic E-state index is 12.0. The van der Waals surface area contributed by atoms with Crippen LogP contribution in [0.2, 0.25) is 0 Å². The Morgan fingerprint density at radius 3 is 2.38 bits per heavy atom. The first-order chi connectivity index (χ1) is 9.69. The number of benzene rings is 1. The fraction of sp³-hybridized carbons (Fsp3) is 0.588. The second-order valence-corrected chi connectivity index (χ2v) is 7.44. The fourth-order valence-electron chi connectivity index (χ4n) is 2.50. The van der Waals surface area contributed by atoms with E-state index < -0.39 is 5.60 Å². The number of nitrogens with one attached hydrogen (secondary N) is 1. The molecule has 2 unspecified atom stereocenters. The summed E-state index contributed by atoms with van der Waals surface area (Å²) in [5.41, 5.74) is 0.298. The Labute approximate surface area is 136 Å². The standard InChI is InChI=1S/C17H26BrNO2/c1-12(2)10-17(4,21)11-19-16(20)9-13(3)14-5-7-15(18)8-6-14/h5-8,12-13,21H,9-11H2,1-4H3,(H,19,20). The summed E-state index contributed by atoms with van der Waals surface area (Å²) in [6.07, 6.45) is 1.11. The van der Waals surface area contributed by atoms with E-state index in [-0.39, 0.29) is 11.8 Å². The monoisotopic (exact) mass is 355 g/mol. The van der Waals surface area contributed by atoms with Gasteiger partial charge in [0.05, 0.1) is 5.60 Å². The molecule has 1 rings (SSSR count). The number of aliphatic hydroxyl groups is 1. The zero-order valence-electron chi connectivity index (χ0n) is 13.3. The molecule has 1 aromatic carbocycles. The molecule has 0 aliphatic heterocycles. The van der Waals surface area contributed by atoms with E-state index in [0.29, 0.717) is 25.3 Å². The summed E-state index contributed by atoms with van der Waals surface area (Å²) >= 11 is 3.40. The topological polar surface area (TPSA) is 49.3 Å². The number of carbonyl (C=O) groups excluding carboxylic acids is 1. The summed E-state index contributed by atoms with van der Waals surface area (Å²) in [6.45, 7) is 8.23. The van der Waals surface area contributed by atoms with Gasteiger partial charge < -0.3 is 10.4 Å². The van der Waals surface area contributed by atoms with E-state index in [4.69, 9.17) is 0 Å². The highest BCUT2D eigenvalue weighted by Gasteiger charge is 2.23. The minimum absolute atomic E-state index is 0.0190. The lowest BCUT2D eigenvalue weighted by molar-refractivity contribution is -0.122. The average molecular weight is 356 g/mol. The Hall–Kier alpha value is -0.870. The number of carbonyl (C=O) groups is 1. The van der Waals surface area contributed by atoms with Crippen molar-refractivity contribution in [3.63, 3.8) is 0 Å². The van der Waals surface area contributed by atoms with Gasteiger partial charge in [0.1, 0.15) is 0 Å². The molecule has 0 aliphatic carbocycles. The maximum atomic E-state index is 12.0. The fourth-order valence-corrected chi connectivity index (χ4v) is 2.76. The molecule has 2 N–H and O–H groups in total. The molecule has 0 saturated heterocycles. The summed E-state index contributed by atoms with van der Waals surface area (Å²) in [6, 6.07) is 8.02. The zero-order chi connectivity index (χ0) is 16.0. The van der Waals surface area contributed by atoms with E-state index in [2.05, 4.69) is 35.1 Å². The summed E-state index contributed by atoms with van der Waals surface area (Å²) in [5.74, 6) is 0.543. The van der Waals surface area contributed by atoms with Crippen LogP contribution in [0.15, 0.2) is 28.7 Å². The predicted octanol–water partition coefficient (Wildman–Crippen LogP) is 3.86. The number of amides is 1. The van der Waals surface area contributed by atoms with Crippen molar-refractivity contribution in [2.24, 2.45) is 5.92 Å². The molecule has 0 spiro atoms. The molecule has 2 atom stereocenters. The van der Waals surface area contributed by atoms with Gasteiger partial charge in [-0.3, -0.25) is 4.79 Å². The van der Waals surface area contributed by atoms with Gasteiger partial charge in [0.25, 0.3) is 0 Å². The van der Waals surface area contributed by atoms with Gasteiger partial charge >= 0.3 is 0 Å². The van der Waals surface area contributed by atoms with E-state index in [1.54, 1.807) is 6.92 Å². The molecular formula is C17H26BrNO2. The first-order valence-corrected chi connectivity index (χ1v) is 8.23. The van der Waals surface area contributed by atoms with Crippen molar-refractivity contribution >= 4 is 21.8 Å². The van der Waals surface area contributed by atoms with Crippen LogP contribution >= 0.6 is 15.9 Å². The van der Waals surface area contributed by atoms with E-state index in [1.807, 2.05) is 31.2 Å². The second-order valence-electron chi connectivity index (χ2n) is 6.53. The Morgan fingerprint density at radius 2 is 1.86 bits per heavy atom. The lowest BCUT2D eigenvalue weighted by Crippen LogP contribution is -2.41. The normalized spacial score (nSPS) is 15.6. The summed E-state index contributed by atoms with van der Waals surface area (Å²) in [7, 11) is 0. The van der Waals surface area contributed by atoms with Crippen molar-refractivity contribution in [3.05, 3.63) is 34.3 Å². The molecule has 1 aromatic rings. The molecule has 1 amide bonds. The predicted molar refractivity (Wildman–Crippen MR) is 90.3 cm³/mol. The van der Waals surface area contributed by atoms with Crippen LogP contribution in [0.1, 0.15) is 52.0 Å². The molecule has 0 aliphatic rings. The van der Waals surface area contributed by atoms with Gasteiger partial charge in [0.15, 0.2) is 0 Å². The minimum atomic E-state index is -0.843. The minimum Gasteiger partial charge on any atom is -0.388 e. The third kappa shape index (κ3) is 7.09. The second kappa shape index (κ2) is 7.95. The number of hydrogen-bond acceptors (Lipinski definition) is 2. The Morgan fingerprint density at radius 1 is 1.29 bits per heavy atom. The van der Waals surface area contributed by atoms with Gasteiger partial charge in [0, 0.05) is 17.4 Å². The molecule has 21 heavy (non-hydrogen) atoms. The van der Waals surface area contributed by atoms with Crippen LogP contribution in [0.25, 0.3) is 0 Å². The highest BCUT2D eigenvalue weighted by Crippen LogP contribution is 2.21. The van der Waals surface area contributed by atoms with Crippen molar-refractivity contribution in [1.29, 1.82) is 0 Å². The Kier molecular flexibility index (Phi) is 6.88. The molecule has 0 fully saturated rings. The quantitative estimate of drug-likeness (QED) is 0.780. The van der Waals surface area contributed by atoms with Crippen LogP contribution in [-0.4, -0.2) is 23.2 Å². The van der Waals surface area contributed by atoms with E-state index in [9.17, 15) is 9.90 Å². The summed E-state index contributed by atoms with van der Waals surface area (Å²) in [5, 5.41) is 13.0. The molecule has 3 nitrogen and oxygen atoms in total. The van der Waals surface area contributed by atoms with Gasteiger partial charge in [-0.2, -0.15) is 0 Å². The van der Waals surface area contributed by atoms with Gasteiger partial charge in [-0.25, -0.2) is 0 Å². The molecule has 0 radical (unpaired) electrons. The third-order valence-electron chi connectivity index (χ3n) is 3.45. The van der Waals surface area contributed by atoms with Gasteiger partial charge in [-0.1, -0.05) is 48.8 Å². The smallest absolute Gasteiger partial charge is 0.220 e. The molecular weight excluding hydrogens is 330 g/mol. The largest absolute Gasteiger partial charge is 0.388 e. The zero-order valence-corrected chi connectivity index (χ0v) is 14.9. The van der Waals surface area contributed by atoms with Crippen molar-refractivity contribution in [2.75, 3.05) is 6.54 Å². The number of rotatable bonds is 7. The SMILES string of the molecule is CC(C)CC(C)(O)CNC(=O)CC(C)c1ccc(Br)cc1. The molecule has 0 aromatic heterocycles.